The molecule has 4 aromatic heterocycles. The summed E-state index contributed by atoms with van der Waals surface area (Å²) < 4.78 is 0.168. The van der Waals surface area contributed by atoms with Gasteiger partial charge in [-0.15, -0.1) is 0 Å². The van der Waals surface area contributed by atoms with Crippen LogP contribution in [0.4, 0.5) is 22.7 Å². The van der Waals surface area contributed by atoms with Crippen LogP contribution in [0.25, 0.3) is 11.0 Å². The number of benzene rings is 1. The number of aromatic nitrogens is 5. The summed E-state index contributed by atoms with van der Waals surface area (Å²) in [5.41, 5.74) is 10.8. The Hall–Kier alpha value is -6.43. The second kappa shape index (κ2) is 14.6. The summed E-state index contributed by atoms with van der Waals surface area (Å²) in [6.07, 6.45) is 4.68. The van der Waals surface area contributed by atoms with Crippen molar-refractivity contribution in [3.8, 4) is 0 Å². The van der Waals surface area contributed by atoms with Crippen molar-refractivity contribution in [1.29, 1.82) is 5.41 Å². The zero-order chi connectivity index (χ0) is 37.1. The fraction of sp³-hybridized carbons (Fsp3) is 0.182. The van der Waals surface area contributed by atoms with Gasteiger partial charge >= 0.3 is 0 Å². The first kappa shape index (κ1) is 35.9. The van der Waals surface area contributed by atoms with Crippen molar-refractivity contribution >= 4 is 85.1 Å². The van der Waals surface area contributed by atoms with Crippen LogP contribution in [0.3, 0.4) is 0 Å². The lowest BCUT2D eigenvalue weighted by molar-refractivity contribution is -0.112. The first-order chi connectivity index (χ1) is 24.2. The van der Waals surface area contributed by atoms with Gasteiger partial charge in [-0.3, -0.25) is 29.4 Å². The predicted molar refractivity (Wildman–Crippen MR) is 197 cm³/mol. The molecule has 5 aromatic rings. The highest BCUT2D eigenvalue weighted by atomic mass is 79.9. The van der Waals surface area contributed by atoms with Crippen molar-refractivity contribution in [3.05, 3.63) is 86.9 Å². The van der Waals surface area contributed by atoms with Crippen LogP contribution in [0, 0.1) is 33.1 Å². The van der Waals surface area contributed by atoms with E-state index in [0.717, 1.165) is 0 Å². The van der Waals surface area contributed by atoms with Gasteiger partial charge in [0, 0.05) is 59.5 Å². The summed E-state index contributed by atoms with van der Waals surface area (Å²) in [7, 11) is 0. The molecule has 0 radical (unpaired) electrons. The molecule has 18 heteroatoms. The Balaban J connectivity index is 1.23. The van der Waals surface area contributed by atoms with Crippen molar-refractivity contribution in [2.45, 2.75) is 34.1 Å². The molecule has 0 saturated carbocycles. The summed E-state index contributed by atoms with van der Waals surface area (Å²) in [5, 5.41) is 21.0. The number of amidine groups is 1. The number of carbonyl (C=O) groups excluding carboxylic acids is 5. The van der Waals surface area contributed by atoms with E-state index in [9.17, 15) is 24.0 Å². The number of nitrogens with two attached hydrogens (primary N) is 1. The number of H-pyrrole nitrogens is 4. The van der Waals surface area contributed by atoms with E-state index in [2.05, 4.69) is 74.0 Å². The number of nitrogens with one attached hydrogen (secondary N) is 10. The molecule has 0 unspecified atom stereocenters. The van der Waals surface area contributed by atoms with Gasteiger partial charge in [0.2, 0.25) is 0 Å². The van der Waals surface area contributed by atoms with E-state index in [1.165, 1.54) is 18.6 Å². The highest BCUT2D eigenvalue weighted by Crippen LogP contribution is 2.27. The third-order valence-electron chi connectivity index (χ3n) is 8.14. The molecule has 0 saturated heterocycles. The van der Waals surface area contributed by atoms with Crippen molar-refractivity contribution in [2.24, 2.45) is 5.73 Å². The van der Waals surface area contributed by atoms with E-state index in [0.29, 0.717) is 56.0 Å². The van der Waals surface area contributed by atoms with Crippen molar-refractivity contribution < 1.29 is 24.0 Å². The second-order valence-corrected chi connectivity index (χ2v) is 12.5. The zero-order valence-corrected chi connectivity index (χ0v) is 29.5. The van der Waals surface area contributed by atoms with Gasteiger partial charge in [0.05, 0.1) is 38.4 Å². The molecule has 51 heavy (non-hydrogen) atoms. The number of hydrogen-bond donors (Lipinski definition) is 11. The lowest BCUT2D eigenvalue weighted by Gasteiger charge is -2.07. The standard InChI is InChI=1S/C33H35BrN12O5/c1-13-18(42-29(47)17(5)34)6-7-19-24(13)46-28(41-19)33(51)45-22-12-40-27(16(22)4)32(50)44-21-11-39-26(15(21)3)31(49)43-20-10-38-25(14(20)2)30(48)37-9-8-23(35)36/h6-7,10-12,38-40H,5,8-9H2,1-4H3,(H3,35,36)(H,37,48)(H,41,46)(H,42,47)(H,43,49)(H,44,50)(H,45,51). The summed E-state index contributed by atoms with van der Waals surface area (Å²) >= 11 is 3.05. The SMILES string of the molecule is C=C(Br)C(=O)Nc1ccc2[nH]c(C(=O)Nc3c[nH]c(C(=O)Nc4c[nH]c(C(=O)Nc5c[nH]c(C(=O)NCCC(=N)N)c5C)c4C)c3C)nc2c1C. The fourth-order valence-corrected chi connectivity index (χ4v) is 5.28. The number of hydrogen-bond acceptors (Lipinski definition) is 7. The van der Waals surface area contributed by atoms with Crippen LogP contribution in [-0.2, 0) is 4.79 Å². The molecule has 4 heterocycles. The zero-order valence-electron chi connectivity index (χ0n) is 28.0. The van der Waals surface area contributed by atoms with E-state index in [-0.39, 0.29) is 46.2 Å². The van der Waals surface area contributed by atoms with Gasteiger partial charge in [0.15, 0.2) is 5.82 Å². The van der Waals surface area contributed by atoms with Crippen LogP contribution >= 0.6 is 15.9 Å². The van der Waals surface area contributed by atoms with Crippen LogP contribution in [0.2, 0.25) is 0 Å². The summed E-state index contributed by atoms with van der Waals surface area (Å²) in [4.78, 5) is 80.1. The normalized spacial score (nSPS) is 10.8. The number of aromatic amines is 4. The minimum absolute atomic E-state index is 0.0285. The van der Waals surface area contributed by atoms with Gasteiger partial charge in [-0.2, -0.15) is 0 Å². The van der Waals surface area contributed by atoms with Crippen LogP contribution in [0.15, 0.2) is 41.8 Å². The number of rotatable bonds is 12. The lowest BCUT2D eigenvalue weighted by atomic mass is 10.1. The monoisotopic (exact) mass is 758 g/mol. The minimum Gasteiger partial charge on any atom is -0.388 e. The molecule has 0 aliphatic rings. The average molecular weight is 760 g/mol. The Labute approximate surface area is 298 Å². The Bertz CT molecular complexity index is 2260. The molecule has 0 aliphatic heterocycles. The molecule has 264 valence electrons. The number of fused-ring (bicyclic) bond motifs is 1. The quantitative estimate of drug-likeness (QED) is 0.0494. The molecule has 0 atom stereocenters. The van der Waals surface area contributed by atoms with E-state index < -0.39 is 29.5 Å². The van der Waals surface area contributed by atoms with Crippen LogP contribution in [-0.4, -0.2) is 66.8 Å². The van der Waals surface area contributed by atoms with E-state index in [1.54, 1.807) is 39.8 Å². The molecule has 12 N–H and O–H groups in total. The van der Waals surface area contributed by atoms with Crippen LogP contribution in [0.1, 0.15) is 70.8 Å². The lowest BCUT2D eigenvalue weighted by Crippen LogP contribution is -2.28. The number of aryl methyl sites for hydroxylation is 1. The Morgan fingerprint density at radius 1 is 0.745 bits per heavy atom. The molecular formula is C33H35BrN12O5. The molecule has 17 nitrogen and oxygen atoms in total. The molecule has 5 amide bonds. The van der Waals surface area contributed by atoms with Gasteiger partial charge in [0.25, 0.3) is 29.5 Å². The largest absolute Gasteiger partial charge is 0.388 e. The fourth-order valence-electron chi connectivity index (χ4n) is 5.18. The Kier molecular flexibility index (Phi) is 10.3. The number of anilines is 4. The van der Waals surface area contributed by atoms with Crippen LogP contribution in [0.5, 0.6) is 0 Å². The van der Waals surface area contributed by atoms with E-state index in [1.807, 2.05) is 0 Å². The third kappa shape index (κ3) is 7.59. The highest BCUT2D eigenvalue weighted by molar-refractivity contribution is 9.12. The maximum Gasteiger partial charge on any atom is 0.291 e. The number of imidazole rings is 1. The summed E-state index contributed by atoms with van der Waals surface area (Å²) in [6.45, 7) is 10.5. The topological polar surface area (TPSA) is 271 Å². The average Bonchev–Trinajstić information content (AvgIpc) is 3.85. The molecule has 0 bridgehead atoms. The number of nitrogens with zero attached hydrogens (tertiary/aromatic N) is 1. The number of carbonyl (C=O) groups is 5. The number of amides is 5. The van der Waals surface area contributed by atoms with Gasteiger partial charge in [-0.05, 0) is 55.8 Å². The first-order valence-electron chi connectivity index (χ1n) is 15.4. The molecule has 0 aliphatic carbocycles. The molecule has 5 rings (SSSR count). The summed E-state index contributed by atoms with van der Waals surface area (Å²) in [5.74, 6) is -2.37. The van der Waals surface area contributed by atoms with Gasteiger partial charge in [-0.25, -0.2) is 4.98 Å². The first-order valence-corrected chi connectivity index (χ1v) is 16.2. The van der Waals surface area contributed by atoms with Crippen molar-refractivity contribution in [1.82, 2.24) is 30.2 Å². The van der Waals surface area contributed by atoms with Crippen LogP contribution < -0.4 is 32.3 Å². The Morgan fingerprint density at radius 2 is 1.24 bits per heavy atom. The van der Waals surface area contributed by atoms with Crippen molar-refractivity contribution in [3.63, 3.8) is 0 Å². The van der Waals surface area contributed by atoms with E-state index >= 15 is 0 Å². The highest BCUT2D eigenvalue weighted by Gasteiger charge is 2.23. The van der Waals surface area contributed by atoms with Crippen molar-refractivity contribution in [2.75, 3.05) is 27.8 Å². The molecular weight excluding hydrogens is 724 g/mol. The molecule has 0 fully saturated rings. The third-order valence-corrected chi connectivity index (χ3v) is 8.50. The van der Waals surface area contributed by atoms with Gasteiger partial charge in [0.1, 0.15) is 17.1 Å². The minimum atomic E-state index is -0.547. The van der Waals surface area contributed by atoms with Gasteiger partial charge in [-0.1, -0.05) is 6.58 Å². The summed E-state index contributed by atoms with van der Waals surface area (Å²) in [6, 6.07) is 3.38. The predicted octanol–water partition coefficient (Wildman–Crippen LogP) is 4.44. The maximum atomic E-state index is 13.3. The molecule has 1 aromatic carbocycles. The molecule has 0 spiro atoms. The maximum absolute atomic E-state index is 13.3. The second-order valence-electron chi connectivity index (χ2n) is 11.6. The smallest absolute Gasteiger partial charge is 0.291 e. The van der Waals surface area contributed by atoms with E-state index in [4.69, 9.17) is 11.1 Å². The Morgan fingerprint density at radius 3 is 1.73 bits per heavy atom. The number of halogens is 1. The van der Waals surface area contributed by atoms with Gasteiger partial charge < -0.3 is 52.3 Å².